The summed E-state index contributed by atoms with van der Waals surface area (Å²) in [5.41, 5.74) is 5.45. The second kappa shape index (κ2) is 13.8. The fraction of sp³-hybridized carbons (Fsp3) is 0.706. The van der Waals surface area contributed by atoms with Crippen molar-refractivity contribution >= 4 is 42.2 Å². The number of rotatable bonds is 13. The molecule has 0 aliphatic carbocycles. The summed E-state index contributed by atoms with van der Waals surface area (Å²) < 4.78 is 0. The van der Waals surface area contributed by atoms with E-state index in [1.54, 1.807) is 0 Å². The van der Waals surface area contributed by atoms with Gasteiger partial charge in [0.1, 0.15) is 12.1 Å². The first-order valence-corrected chi connectivity index (χ1v) is 10.2. The average molecular weight is 482 g/mol. The van der Waals surface area contributed by atoms with E-state index < -0.39 is 78.6 Å². The fourth-order valence-electron chi connectivity index (χ4n) is 2.29. The number of thiol groups is 1. The van der Waals surface area contributed by atoms with Crippen molar-refractivity contribution in [1.29, 1.82) is 0 Å². The van der Waals surface area contributed by atoms with Crippen molar-refractivity contribution in [3.63, 3.8) is 0 Å². The number of nitrogens with one attached hydrogen (secondary N) is 4. The van der Waals surface area contributed by atoms with E-state index in [1.165, 1.54) is 6.92 Å². The van der Waals surface area contributed by atoms with Gasteiger partial charge in [-0.3, -0.25) is 19.2 Å². The van der Waals surface area contributed by atoms with Crippen LogP contribution in [0.25, 0.3) is 0 Å². The Balaban J connectivity index is 5.21. The zero-order valence-electron chi connectivity index (χ0n) is 17.8. The van der Waals surface area contributed by atoms with E-state index in [0.717, 1.165) is 13.8 Å². The maximum Gasteiger partial charge on any atom is 0.328 e. The highest BCUT2D eigenvalue weighted by atomic mass is 32.1. The standard InChI is InChI=1S/C17H31N5O9S/c1-6(23)11(20-10(26)4-19-14(27)9(18)5-32)15(28)21-12(7(2)24)16(29)22-13(8(3)25)17(30)31/h6-9,11-13,23-25,32H,4-5,18H2,1-3H3,(H,19,27)(H,20,26)(H,21,28)(H,22,29)(H,30,31)/t6-,7-,8-,9+,11+,12+,13+/m1/s1. The van der Waals surface area contributed by atoms with Gasteiger partial charge in [-0.25, -0.2) is 4.79 Å². The molecule has 0 fully saturated rings. The van der Waals surface area contributed by atoms with Crippen molar-refractivity contribution in [1.82, 2.24) is 21.3 Å². The first-order valence-electron chi connectivity index (χ1n) is 9.54. The highest BCUT2D eigenvalue weighted by Gasteiger charge is 2.34. The lowest BCUT2D eigenvalue weighted by molar-refractivity contribution is -0.146. The number of carboxylic acid groups (broad SMARTS) is 1. The third-order valence-electron chi connectivity index (χ3n) is 4.15. The number of carbonyl (C=O) groups is 5. The summed E-state index contributed by atoms with van der Waals surface area (Å²) in [6.07, 6.45) is -4.43. The van der Waals surface area contributed by atoms with Gasteiger partial charge in [0.05, 0.1) is 30.9 Å². The van der Waals surface area contributed by atoms with Crippen LogP contribution in [0.1, 0.15) is 20.8 Å². The van der Waals surface area contributed by atoms with Gasteiger partial charge in [-0.2, -0.15) is 12.6 Å². The SMILES string of the molecule is C[C@@H](O)[C@H](NC(=O)[C@@H](NC(=O)[C@@H](NC(=O)CNC(=O)[C@@H](N)CS)[C@@H](C)O)[C@@H](C)O)C(=O)O. The molecule has 184 valence electrons. The number of aliphatic carboxylic acids is 1. The molecule has 0 heterocycles. The molecule has 32 heavy (non-hydrogen) atoms. The van der Waals surface area contributed by atoms with Crippen LogP contribution in [0.15, 0.2) is 0 Å². The summed E-state index contributed by atoms with van der Waals surface area (Å²) in [6.45, 7) is 2.87. The van der Waals surface area contributed by atoms with Gasteiger partial charge in [-0.15, -0.1) is 0 Å². The smallest absolute Gasteiger partial charge is 0.328 e. The molecule has 14 nitrogen and oxygen atoms in total. The van der Waals surface area contributed by atoms with Crippen LogP contribution >= 0.6 is 12.6 Å². The number of carboxylic acids is 1. The molecule has 0 aliphatic heterocycles. The quantitative estimate of drug-likeness (QED) is 0.112. The van der Waals surface area contributed by atoms with Crippen LogP contribution in [0.2, 0.25) is 0 Å². The van der Waals surface area contributed by atoms with Crippen LogP contribution in [0.4, 0.5) is 0 Å². The Labute approximate surface area is 189 Å². The molecule has 0 radical (unpaired) electrons. The van der Waals surface area contributed by atoms with Crippen molar-refractivity contribution < 1.29 is 44.4 Å². The Morgan fingerprint density at radius 2 is 1.19 bits per heavy atom. The molecule has 0 aromatic carbocycles. The predicted octanol–water partition coefficient (Wildman–Crippen LogP) is -4.96. The Bertz CT molecular complexity index is 689. The maximum absolute atomic E-state index is 12.5. The summed E-state index contributed by atoms with van der Waals surface area (Å²) in [5, 5.41) is 46.7. The van der Waals surface area contributed by atoms with Crippen molar-refractivity contribution in [2.45, 2.75) is 63.3 Å². The molecule has 0 aliphatic rings. The van der Waals surface area contributed by atoms with Gasteiger partial charge in [0.2, 0.25) is 23.6 Å². The molecule has 0 aromatic heterocycles. The Hall–Kier alpha value is -2.46. The number of nitrogens with two attached hydrogens (primary N) is 1. The lowest BCUT2D eigenvalue weighted by atomic mass is 10.1. The lowest BCUT2D eigenvalue weighted by Gasteiger charge is -2.27. The summed E-state index contributed by atoms with van der Waals surface area (Å²) in [4.78, 5) is 59.6. The van der Waals surface area contributed by atoms with E-state index in [0.29, 0.717) is 0 Å². The largest absolute Gasteiger partial charge is 0.480 e. The van der Waals surface area contributed by atoms with Crippen LogP contribution in [0.3, 0.4) is 0 Å². The van der Waals surface area contributed by atoms with Crippen LogP contribution in [0.5, 0.6) is 0 Å². The van der Waals surface area contributed by atoms with Gasteiger partial charge in [0.25, 0.3) is 0 Å². The highest BCUT2D eigenvalue weighted by Crippen LogP contribution is 2.01. The van der Waals surface area contributed by atoms with E-state index in [9.17, 15) is 39.3 Å². The topological polar surface area (TPSA) is 240 Å². The van der Waals surface area contributed by atoms with E-state index in [1.807, 2.05) is 5.32 Å². The molecule has 7 atom stereocenters. The Morgan fingerprint density at radius 3 is 1.56 bits per heavy atom. The molecule has 0 aromatic rings. The van der Waals surface area contributed by atoms with Gasteiger partial charge < -0.3 is 47.4 Å². The number of aliphatic hydroxyl groups is 3. The monoisotopic (exact) mass is 481 g/mol. The Morgan fingerprint density at radius 1 is 0.781 bits per heavy atom. The van der Waals surface area contributed by atoms with E-state index in [-0.39, 0.29) is 5.75 Å². The second-order valence-corrected chi connectivity index (χ2v) is 7.45. The number of amides is 4. The molecule has 10 N–H and O–H groups in total. The third-order valence-corrected chi connectivity index (χ3v) is 4.54. The van der Waals surface area contributed by atoms with Crippen molar-refractivity contribution in [3.8, 4) is 0 Å². The molecule has 0 rings (SSSR count). The summed E-state index contributed by atoms with van der Waals surface area (Å²) in [7, 11) is 0. The van der Waals surface area contributed by atoms with Crippen molar-refractivity contribution in [3.05, 3.63) is 0 Å². The number of hydrogen-bond acceptors (Lipinski definition) is 10. The van der Waals surface area contributed by atoms with E-state index >= 15 is 0 Å². The zero-order chi connectivity index (χ0) is 25.2. The van der Waals surface area contributed by atoms with Crippen LogP contribution in [-0.4, -0.2) is 105 Å². The summed E-state index contributed by atoms with van der Waals surface area (Å²) in [5.74, 6) is -5.22. The van der Waals surface area contributed by atoms with Crippen LogP contribution in [-0.2, 0) is 24.0 Å². The normalized spacial score (nSPS) is 17.5. The van der Waals surface area contributed by atoms with Crippen LogP contribution < -0.4 is 27.0 Å². The average Bonchev–Trinajstić information content (AvgIpc) is 2.70. The third kappa shape index (κ3) is 9.78. The van der Waals surface area contributed by atoms with Gasteiger partial charge >= 0.3 is 5.97 Å². The molecule has 0 saturated carbocycles. The molecule has 0 bridgehead atoms. The van der Waals surface area contributed by atoms with E-state index in [2.05, 4.69) is 28.6 Å². The molecule has 0 unspecified atom stereocenters. The van der Waals surface area contributed by atoms with Gasteiger partial charge in [0, 0.05) is 5.75 Å². The van der Waals surface area contributed by atoms with Gasteiger partial charge in [0.15, 0.2) is 6.04 Å². The zero-order valence-corrected chi connectivity index (χ0v) is 18.7. The maximum atomic E-state index is 12.5. The fourth-order valence-corrected chi connectivity index (χ4v) is 2.46. The molecule has 0 spiro atoms. The number of aliphatic hydroxyl groups excluding tert-OH is 3. The predicted molar refractivity (Wildman–Crippen MR) is 113 cm³/mol. The number of hydrogen-bond donors (Lipinski definition) is 10. The minimum atomic E-state index is -1.71. The Kier molecular flexibility index (Phi) is 12.8. The molecular formula is C17H31N5O9S. The molecule has 4 amide bonds. The first-order chi connectivity index (χ1) is 14.7. The minimum absolute atomic E-state index is 0.0345. The van der Waals surface area contributed by atoms with E-state index in [4.69, 9.17) is 10.8 Å². The summed E-state index contributed by atoms with van der Waals surface area (Å²) in [6, 6.07) is -5.92. The second-order valence-electron chi connectivity index (χ2n) is 7.08. The summed E-state index contributed by atoms with van der Waals surface area (Å²) >= 11 is 3.84. The van der Waals surface area contributed by atoms with Crippen LogP contribution in [0, 0.1) is 0 Å². The molecule has 0 saturated heterocycles. The highest BCUT2D eigenvalue weighted by molar-refractivity contribution is 7.80. The number of carbonyl (C=O) groups excluding carboxylic acids is 4. The molecule has 15 heteroatoms. The van der Waals surface area contributed by atoms with Gasteiger partial charge in [-0.1, -0.05) is 0 Å². The minimum Gasteiger partial charge on any atom is -0.480 e. The van der Waals surface area contributed by atoms with Crippen molar-refractivity contribution in [2.24, 2.45) is 5.73 Å². The lowest BCUT2D eigenvalue weighted by Crippen LogP contribution is -2.62. The van der Waals surface area contributed by atoms with Crippen molar-refractivity contribution in [2.75, 3.05) is 12.3 Å². The van der Waals surface area contributed by atoms with Gasteiger partial charge in [-0.05, 0) is 20.8 Å². The first kappa shape index (κ1) is 29.5. The molecular weight excluding hydrogens is 450 g/mol.